The van der Waals surface area contributed by atoms with Crippen molar-refractivity contribution in [3.05, 3.63) is 20.3 Å². The molecule has 0 aromatic carbocycles. The van der Waals surface area contributed by atoms with Crippen molar-refractivity contribution in [1.29, 1.82) is 0 Å². The van der Waals surface area contributed by atoms with Crippen LogP contribution in [0.3, 0.4) is 0 Å². The second-order valence-electron chi connectivity index (χ2n) is 4.66. The van der Waals surface area contributed by atoms with Crippen LogP contribution in [0.2, 0.25) is 0 Å². The van der Waals surface area contributed by atoms with E-state index >= 15 is 0 Å². The second kappa shape index (κ2) is 4.02. The van der Waals surface area contributed by atoms with E-state index in [1.807, 2.05) is 13.0 Å². The van der Waals surface area contributed by atoms with Crippen LogP contribution in [0, 0.1) is 12.3 Å². The summed E-state index contributed by atoms with van der Waals surface area (Å²) in [6.45, 7) is 4.15. The summed E-state index contributed by atoms with van der Waals surface area (Å²) in [6.07, 6.45) is 4.52. The number of rotatable bonds is 2. The number of halogens is 1. The van der Waals surface area contributed by atoms with E-state index in [1.54, 1.807) is 11.3 Å². The number of Topliss-reactive ketones (excluding diaryl/α,β-unsaturated/α-hetero) is 1. The smallest absolute Gasteiger partial charge is 0.178 e. The molecule has 1 saturated carbocycles. The SMILES string of the molecule is Cc1cc(C(=O)C2(C)CCCC2)sc1Br. The third-order valence-electron chi connectivity index (χ3n) is 3.34. The molecule has 15 heavy (non-hydrogen) atoms. The Morgan fingerprint density at radius 3 is 2.53 bits per heavy atom. The van der Waals surface area contributed by atoms with Gasteiger partial charge in [-0.3, -0.25) is 4.79 Å². The Kier molecular flexibility index (Phi) is 3.04. The minimum atomic E-state index is -0.0866. The number of carbonyl (C=O) groups is 1. The summed E-state index contributed by atoms with van der Waals surface area (Å²) in [5.41, 5.74) is 1.08. The highest BCUT2D eigenvalue weighted by Crippen LogP contribution is 2.42. The highest BCUT2D eigenvalue weighted by molar-refractivity contribution is 9.11. The van der Waals surface area contributed by atoms with E-state index in [9.17, 15) is 4.79 Å². The lowest BCUT2D eigenvalue weighted by atomic mass is 9.83. The molecule has 0 aliphatic heterocycles. The van der Waals surface area contributed by atoms with E-state index in [4.69, 9.17) is 0 Å². The fourth-order valence-electron chi connectivity index (χ4n) is 2.25. The maximum absolute atomic E-state index is 12.3. The molecule has 0 unspecified atom stereocenters. The molecule has 1 nitrogen and oxygen atoms in total. The van der Waals surface area contributed by atoms with Crippen LogP contribution in [-0.2, 0) is 0 Å². The molecule has 0 radical (unpaired) electrons. The third kappa shape index (κ3) is 2.04. The van der Waals surface area contributed by atoms with E-state index in [1.165, 1.54) is 18.4 Å². The molecule has 0 saturated heterocycles. The maximum atomic E-state index is 12.3. The van der Waals surface area contributed by atoms with Gasteiger partial charge in [0.25, 0.3) is 0 Å². The van der Waals surface area contributed by atoms with Gasteiger partial charge in [0.05, 0.1) is 8.66 Å². The van der Waals surface area contributed by atoms with Gasteiger partial charge in [-0.1, -0.05) is 19.8 Å². The fraction of sp³-hybridized carbons (Fsp3) is 0.583. The zero-order chi connectivity index (χ0) is 11.1. The Hall–Kier alpha value is -0.150. The van der Waals surface area contributed by atoms with Gasteiger partial charge in [0.15, 0.2) is 5.78 Å². The van der Waals surface area contributed by atoms with Crippen molar-refractivity contribution in [1.82, 2.24) is 0 Å². The van der Waals surface area contributed by atoms with Gasteiger partial charge in [0.1, 0.15) is 0 Å². The lowest BCUT2D eigenvalue weighted by molar-refractivity contribution is 0.0828. The minimum absolute atomic E-state index is 0.0866. The van der Waals surface area contributed by atoms with E-state index < -0.39 is 0 Å². The van der Waals surface area contributed by atoms with Crippen molar-refractivity contribution in [2.24, 2.45) is 5.41 Å². The highest BCUT2D eigenvalue weighted by Gasteiger charge is 2.37. The Morgan fingerprint density at radius 1 is 1.47 bits per heavy atom. The van der Waals surface area contributed by atoms with Crippen molar-refractivity contribution >= 4 is 33.0 Å². The number of carbonyl (C=O) groups excluding carboxylic acids is 1. The summed E-state index contributed by atoms with van der Waals surface area (Å²) in [4.78, 5) is 13.2. The minimum Gasteiger partial charge on any atom is -0.293 e. The van der Waals surface area contributed by atoms with Crippen LogP contribution >= 0.6 is 27.3 Å². The number of thiophene rings is 1. The van der Waals surface area contributed by atoms with Gasteiger partial charge in [-0.2, -0.15) is 0 Å². The molecule has 0 atom stereocenters. The molecule has 0 bridgehead atoms. The molecule has 1 aliphatic rings. The lowest BCUT2D eigenvalue weighted by Gasteiger charge is -2.20. The Morgan fingerprint density at radius 2 is 2.07 bits per heavy atom. The first kappa shape index (κ1) is 11.3. The molecular weight excluding hydrogens is 272 g/mol. The van der Waals surface area contributed by atoms with E-state index in [0.717, 1.165) is 21.5 Å². The molecule has 3 heteroatoms. The lowest BCUT2D eigenvalue weighted by Crippen LogP contribution is -2.23. The molecule has 1 aliphatic carbocycles. The van der Waals surface area contributed by atoms with Crippen molar-refractivity contribution in [3.8, 4) is 0 Å². The number of hydrogen-bond acceptors (Lipinski definition) is 2. The molecular formula is C12H15BrOS. The standard InChI is InChI=1S/C12H15BrOS/c1-8-7-9(15-11(8)13)10(14)12(2)5-3-4-6-12/h7H,3-6H2,1-2H3. The van der Waals surface area contributed by atoms with Crippen molar-refractivity contribution in [2.45, 2.75) is 39.5 Å². The average Bonchev–Trinajstić information content (AvgIpc) is 2.75. The molecule has 0 amide bonds. The molecule has 1 aromatic heterocycles. The van der Waals surface area contributed by atoms with Crippen LogP contribution < -0.4 is 0 Å². The number of aryl methyl sites for hydroxylation is 1. The van der Waals surface area contributed by atoms with Crippen LogP contribution in [-0.4, -0.2) is 5.78 Å². The van der Waals surface area contributed by atoms with Gasteiger partial charge in [-0.15, -0.1) is 11.3 Å². The van der Waals surface area contributed by atoms with Crippen LogP contribution in [0.25, 0.3) is 0 Å². The molecule has 82 valence electrons. The zero-order valence-electron chi connectivity index (χ0n) is 9.10. The normalized spacial score (nSPS) is 19.4. The van der Waals surface area contributed by atoms with Crippen LogP contribution in [0.4, 0.5) is 0 Å². The van der Waals surface area contributed by atoms with Gasteiger partial charge >= 0.3 is 0 Å². The molecule has 1 heterocycles. The van der Waals surface area contributed by atoms with Gasteiger partial charge in [-0.25, -0.2) is 0 Å². The monoisotopic (exact) mass is 286 g/mol. The quantitative estimate of drug-likeness (QED) is 0.727. The summed E-state index contributed by atoms with van der Waals surface area (Å²) in [5, 5.41) is 0. The summed E-state index contributed by atoms with van der Waals surface area (Å²) in [7, 11) is 0. The molecule has 0 spiro atoms. The highest BCUT2D eigenvalue weighted by atomic mass is 79.9. The average molecular weight is 287 g/mol. The number of hydrogen-bond donors (Lipinski definition) is 0. The van der Waals surface area contributed by atoms with Crippen molar-refractivity contribution in [2.75, 3.05) is 0 Å². The molecule has 1 aromatic rings. The first-order valence-electron chi connectivity index (χ1n) is 5.34. The summed E-state index contributed by atoms with van der Waals surface area (Å²) in [6, 6.07) is 2.01. The topological polar surface area (TPSA) is 17.1 Å². The summed E-state index contributed by atoms with van der Waals surface area (Å²) >= 11 is 5.05. The first-order valence-corrected chi connectivity index (χ1v) is 6.95. The van der Waals surface area contributed by atoms with Crippen LogP contribution in [0.15, 0.2) is 9.85 Å². The van der Waals surface area contributed by atoms with Gasteiger partial charge in [-0.05, 0) is 47.3 Å². The Labute approximate surface area is 103 Å². The fourth-order valence-corrected chi connectivity index (χ4v) is 3.88. The predicted octanol–water partition coefficient (Wildman–Crippen LogP) is 4.58. The molecule has 0 N–H and O–H groups in total. The van der Waals surface area contributed by atoms with Crippen LogP contribution in [0.1, 0.15) is 47.8 Å². The summed E-state index contributed by atoms with van der Waals surface area (Å²) < 4.78 is 1.09. The molecule has 2 rings (SSSR count). The van der Waals surface area contributed by atoms with Gasteiger partial charge in [0, 0.05) is 5.41 Å². The van der Waals surface area contributed by atoms with Gasteiger partial charge in [0.2, 0.25) is 0 Å². The van der Waals surface area contributed by atoms with Crippen molar-refractivity contribution < 1.29 is 4.79 Å². The zero-order valence-corrected chi connectivity index (χ0v) is 11.5. The largest absolute Gasteiger partial charge is 0.293 e. The van der Waals surface area contributed by atoms with E-state index in [-0.39, 0.29) is 5.41 Å². The third-order valence-corrected chi connectivity index (χ3v) is 5.47. The second-order valence-corrected chi connectivity index (χ2v) is 7.03. The Bertz CT molecular complexity index is 369. The van der Waals surface area contributed by atoms with E-state index in [0.29, 0.717) is 5.78 Å². The van der Waals surface area contributed by atoms with Gasteiger partial charge < -0.3 is 0 Å². The molecule has 1 fully saturated rings. The summed E-state index contributed by atoms with van der Waals surface area (Å²) in [5.74, 6) is 0.346. The predicted molar refractivity (Wildman–Crippen MR) is 67.7 cm³/mol. The number of ketones is 1. The first-order chi connectivity index (χ1) is 7.03. The van der Waals surface area contributed by atoms with Crippen LogP contribution in [0.5, 0.6) is 0 Å². The Balaban J connectivity index is 2.27. The maximum Gasteiger partial charge on any atom is 0.178 e. The van der Waals surface area contributed by atoms with E-state index in [2.05, 4.69) is 22.9 Å². The van der Waals surface area contributed by atoms with Crippen molar-refractivity contribution in [3.63, 3.8) is 0 Å².